The van der Waals surface area contributed by atoms with Gasteiger partial charge >= 0.3 is 0 Å². The number of carbonyl (C=O) groups excluding carboxylic acids is 1. The fourth-order valence-electron chi connectivity index (χ4n) is 2.66. The molecule has 4 heteroatoms. The normalized spacial score (nSPS) is 22.2. The van der Waals surface area contributed by atoms with Crippen molar-refractivity contribution in [2.24, 2.45) is 5.41 Å². The molecule has 1 atom stereocenters. The van der Waals surface area contributed by atoms with Gasteiger partial charge in [-0.25, -0.2) is 0 Å². The lowest BCUT2D eigenvalue weighted by Gasteiger charge is -2.35. The Balaban J connectivity index is 1.74. The molecule has 2 rings (SSSR count). The van der Waals surface area contributed by atoms with Crippen LogP contribution in [0.1, 0.15) is 26.2 Å². The fourth-order valence-corrected chi connectivity index (χ4v) is 2.66. The molecule has 1 aliphatic heterocycles. The van der Waals surface area contributed by atoms with E-state index in [1.54, 1.807) is 0 Å². The first-order chi connectivity index (χ1) is 9.77. The SMILES string of the molecule is CCC1(C(=O)NCCOc2ccccc2)CCCNC1. The van der Waals surface area contributed by atoms with E-state index in [0.717, 1.165) is 38.1 Å². The van der Waals surface area contributed by atoms with Gasteiger partial charge in [-0.2, -0.15) is 0 Å². The molecular weight excluding hydrogens is 252 g/mol. The van der Waals surface area contributed by atoms with Crippen LogP contribution in [-0.2, 0) is 4.79 Å². The van der Waals surface area contributed by atoms with Crippen molar-refractivity contribution >= 4 is 5.91 Å². The lowest BCUT2D eigenvalue weighted by atomic mass is 9.77. The van der Waals surface area contributed by atoms with Gasteiger partial charge in [-0.3, -0.25) is 4.79 Å². The summed E-state index contributed by atoms with van der Waals surface area (Å²) < 4.78 is 5.58. The molecule has 1 aromatic rings. The molecule has 0 aromatic heterocycles. The second-order valence-corrected chi connectivity index (χ2v) is 5.33. The summed E-state index contributed by atoms with van der Waals surface area (Å²) in [7, 11) is 0. The summed E-state index contributed by atoms with van der Waals surface area (Å²) in [5.74, 6) is 0.996. The zero-order valence-corrected chi connectivity index (χ0v) is 12.2. The first-order valence-electron chi connectivity index (χ1n) is 7.44. The molecule has 1 amide bonds. The maximum absolute atomic E-state index is 12.4. The van der Waals surface area contributed by atoms with Gasteiger partial charge in [0.15, 0.2) is 0 Å². The molecule has 4 nitrogen and oxygen atoms in total. The molecule has 2 N–H and O–H groups in total. The van der Waals surface area contributed by atoms with Gasteiger partial charge in [0, 0.05) is 6.54 Å². The summed E-state index contributed by atoms with van der Waals surface area (Å²) in [5.41, 5.74) is -0.231. The molecule has 1 fully saturated rings. The van der Waals surface area contributed by atoms with Crippen LogP contribution in [0.2, 0.25) is 0 Å². The van der Waals surface area contributed by atoms with Gasteiger partial charge in [-0.05, 0) is 37.9 Å². The van der Waals surface area contributed by atoms with Crippen molar-refractivity contribution in [2.75, 3.05) is 26.2 Å². The second kappa shape index (κ2) is 7.29. The third-order valence-electron chi connectivity index (χ3n) is 4.03. The van der Waals surface area contributed by atoms with Crippen LogP contribution in [0.15, 0.2) is 30.3 Å². The number of ether oxygens (including phenoxy) is 1. The van der Waals surface area contributed by atoms with Crippen LogP contribution in [0.3, 0.4) is 0 Å². The van der Waals surface area contributed by atoms with Gasteiger partial charge in [0.1, 0.15) is 12.4 Å². The predicted molar refractivity (Wildman–Crippen MR) is 79.8 cm³/mol. The summed E-state index contributed by atoms with van der Waals surface area (Å²) in [4.78, 5) is 12.4. The van der Waals surface area contributed by atoms with Gasteiger partial charge in [-0.15, -0.1) is 0 Å². The predicted octanol–water partition coefficient (Wildman–Crippen LogP) is 1.96. The van der Waals surface area contributed by atoms with Crippen molar-refractivity contribution in [3.8, 4) is 5.75 Å². The standard InChI is InChI=1S/C16H24N2O2/c1-2-16(9-6-10-17-13-16)15(19)18-11-12-20-14-7-4-3-5-8-14/h3-5,7-8,17H,2,6,9-13H2,1H3,(H,18,19). The summed E-state index contributed by atoms with van der Waals surface area (Å²) in [6.45, 7) is 4.95. The first-order valence-corrected chi connectivity index (χ1v) is 7.44. The van der Waals surface area contributed by atoms with E-state index in [1.807, 2.05) is 30.3 Å². The molecule has 1 aromatic carbocycles. The van der Waals surface area contributed by atoms with Crippen LogP contribution in [0.5, 0.6) is 5.75 Å². The smallest absolute Gasteiger partial charge is 0.227 e. The molecule has 0 saturated carbocycles. The van der Waals surface area contributed by atoms with Crippen LogP contribution in [0.25, 0.3) is 0 Å². The Kier molecular flexibility index (Phi) is 5.41. The van der Waals surface area contributed by atoms with Crippen LogP contribution in [0.4, 0.5) is 0 Å². The van der Waals surface area contributed by atoms with Crippen molar-refractivity contribution in [1.82, 2.24) is 10.6 Å². The number of hydrogen-bond acceptors (Lipinski definition) is 3. The number of para-hydroxylation sites is 1. The molecule has 0 radical (unpaired) electrons. The van der Waals surface area contributed by atoms with E-state index in [0.29, 0.717) is 13.2 Å². The van der Waals surface area contributed by atoms with E-state index in [4.69, 9.17) is 4.74 Å². The largest absolute Gasteiger partial charge is 0.492 e. The van der Waals surface area contributed by atoms with Gasteiger partial charge in [0.05, 0.1) is 12.0 Å². The second-order valence-electron chi connectivity index (χ2n) is 5.33. The highest BCUT2D eigenvalue weighted by atomic mass is 16.5. The monoisotopic (exact) mass is 276 g/mol. The molecule has 20 heavy (non-hydrogen) atoms. The third-order valence-corrected chi connectivity index (χ3v) is 4.03. The Morgan fingerprint density at radius 3 is 2.85 bits per heavy atom. The van der Waals surface area contributed by atoms with E-state index < -0.39 is 0 Å². The van der Waals surface area contributed by atoms with E-state index in [1.165, 1.54) is 0 Å². The van der Waals surface area contributed by atoms with Crippen LogP contribution in [0, 0.1) is 5.41 Å². The molecule has 110 valence electrons. The molecule has 0 bridgehead atoms. The minimum atomic E-state index is -0.231. The number of hydrogen-bond donors (Lipinski definition) is 2. The molecule has 1 saturated heterocycles. The average Bonchev–Trinajstić information content (AvgIpc) is 2.53. The Morgan fingerprint density at radius 2 is 2.20 bits per heavy atom. The van der Waals surface area contributed by atoms with Gasteiger partial charge in [-0.1, -0.05) is 25.1 Å². The van der Waals surface area contributed by atoms with Crippen LogP contribution >= 0.6 is 0 Å². The van der Waals surface area contributed by atoms with Crippen LogP contribution in [-0.4, -0.2) is 32.1 Å². The Morgan fingerprint density at radius 1 is 1.40 bits per heavy atom. The van der Waals surface area contributed by atoms with Gasteiger partial charge in [0.2, 0.25) is 5.91 Å². The minimum Gasteiger partial charge on any atom is -0.492 e. The van der Waals surface area contributed by atoms with Crippen molar-refractivity contribution in [1.29, 1.82) is 0 Å². The highest BCUT2D eigenvalue weighted by Crippen LogP contribution is 2.30. The lowest BCUT2D eigenvalue weighted by Crippen LogP contribution is -2.50. The maximum atomic E-state index is 12.4. The molecule has 0 spiro atoms. The third kappa shape index (κ3) is 3.73. The fraction of sp³-hybridized carbons (Fsp3) is 0.562. The summed E-state index contributed by atoms with van der Waals surface area (Å²) in [6, 6.07) is 9.66. The van der Waals surface area contributed by atoms with Gasteiger partial charge < -0.3 is 15.4 Å². The lowest BCUT2D eigenvalue weighted by molar-refractivity contribution is -0.132. The van der Waals surface area contributed by atoms with Crippen molar-refractivity contribution in [3.63, 3.8) is 0 Å². The van der Waals surface area contributed by atoms with Crippen molar-refractivity contribution < 1.29 is 9.53 Å². The summed E-state index contributed by atoms with van der Waals surface area (Å²) in [6.07, 6.45) is 2.93. The van der Waals surface area contributed by atoms with E-state index in [9.17, 15) is 4.79 Å². The number of piperidine rings is 1. The average molecular weight is 276 g/mol. The maximum Gasteiger partial charge on any atom is 0.227 e. The zero-order valence-electron chi connectivity index (χ0n) is 12.2. The molecular formula is C16H24N2O2. The zero-order chi connectivity index (χ0) is 14.3. The van der Waals surface area contributed by atoms with Gasteiger partial charge in [0.25, 0.3) is 0 Å². The number of amides is 1. The van der Waals surface area contributed by atoms with Crippen LogP contribution < -0.4 is 15.4 Å². The molecule has 1 aliphatic rings. The van der Waals surface area contributed by atoms with Crippen molar-refractivity contribution in [2.45, 2.75) is 26.2 Å². The Bertz CT molecular complexity index is 414. The van der Waals surface area contributed by atoms with E-state index in [2.05, 4.69) is 17.6 Å². The highest BCUT2D eigenvalue weighted by Gasteiger charge is 2.37. The summed E-state index contributed by atoms with van der Waals surface area (Å²) >= 11 is 0. The number of nitrogens with one attached hydrogen (secondary N) is 2. The molecule has 1 unspecified atom stereocenters. The number of benzene rings is 1. The topological polar surface area (TPSA) is 50.4 Å². The first kappa shape index (κ1) is 14.9. The number of carbonyl (C=O) groups is 1. The summed E-state index contributed by atoms with van der Waals surface area (Å²) in [5, 5.41) is 6.34. The Labute approximate surface area is 120 Å². The van der Waals surface area contributed by atoms with E-state index >= 15 is 0 Å². The van der Waals surface area contributed by atoms with E-state index in [-0.39, 0.29) is 11.3 Å². The number of rotatable bonds is 6. The minimum absolute atomic E-state index is 0.156. The molecule has 1 heterocycles. The quantitative estimate of drug-likeness (QED) is 0.781. The van der Waals surface area contributed by atoms with Crippen molar-refractivity contribution in [3.05, 3.63) is 30.3 Å². The Hall–Kier alpha value is -1.55. The molecule has 0 aliphatic carbocycles. The highest BCUT2D eigenvalue weighted by molar-refractivity contribution is 5.83.